The number of fused-ring (bicyclic) bond motifs is 3. The Balaban J connectivity index is 1.40. The molecule has 4 aromatic rings. The van der Waals surface area contributed by atoms with Crippen LogP contribution in [0.1, 0.15) is 16.7 Å². The highest BCUT2D eigenvalue weighted by atomic mass is 32.2. The molecule has 4 heterocycles. The summed E-state index contributed by atoms with van der Waals surface area (Å²) < 4.78 is 46.2. The Bertz CT molecular complexity index is 1540. The Kier molecular flexibility index (Phi) is 4.06. The molecule has 2 aromatic heterocycles. The van der Waals surface area contributed by atoms with E-state index < -0.39 is 9.84 Å². The number of hydrogen-bond donors (Lipinski definition) is 1. The van der Waals surface area contributed by atoms with E-state index in [0.29, 0.717) is 52.6 Å². The Morgan fingerprint density at radius 1 is 1.19 bits per heavy atom. The van der Waals surface area contributed by atoms with E-state index in [2.05, 4.69) is 20.5 Å². The van der Waals surface area contributed by atoms with Gasteiger partial charge in [-0.2, -0.15) is 0 Å². The van der Waals surface area contributed by atoms with Crippen LogP contribution in [0.4, 0.5) is 10.3 Å². The molecular weight excluding hydrogens is 433 g/mol. The summed E-state index contributed by atoms with van der Waals surface area (Å²) >= 11 is 0. The number of nitrogens with one attached hydrogen (secondary N) is 1. The Hall–Kier alpha value is -3.79. The van der Waals surface area contributed by atoms with Crippen LogP contribution in [0.2, 0.25) is 0 Å². The normalized spacial score (nSPS) is 15.5. The number of aromatic nitrogens is 4. The molecule has 0 radical (unpaired) electrons. The molecule has 8 nitrogen and oxygen atoms in total. The Morgan fingerprint density at radius 2 is 2.09 bits per heavy atom. The van der Waals surface area contributed by atoms with Crippen molar-refractivity contribution in [3.8, 4) is 16.9 Å². The summed E-state index contributed by atoms with van der Waals surface area (Å²) in [5, 5.41) is 12.6. The van der Waals surface area contributed by atoms with Gasteiger partial charge in [0.25, 0.3) is 0 Å². The van der Waals surface area contributed by atoms with Gasteiger partial charge in [0, 0.05) is 46.8 Å². The number of sulfone groups is 1. The first-order valence-electron chi connectivity index (χ1n) is 9.95. The molecule has 2 aliphatic rings. The van der Waals surface area contributed by atoms with E-state index in [1.165, 1.54) is 17.8 Å². The minimum Gasteiger partial charge on any atom is -0.493 e. The van der Waals surface area contributed by atoms with E-state index in [9.17, 15) is 12.8 Å². The fourth-order valence-electron chi connectivity index (χ4n) is 4.24. The van der Waals surface area contributed by atoms with Crippen molar-refractivity contribution in [2.24, 2.45) is 0 Å². The average molecular weight is 449 g/mol. The first-order valence-corrected chi connectivity index (χ1v) is 11.5. The molecular formula is C22H16FN5O3S. The quantitative estimate of drug-likeness (QED) is 0.511. The Morgan fingerprint density at radius 3 is 3.00 bits per heavy atom. The van der Waals surface area contributed by atoms with E-state index >= 15 is 0 Å². The summed E-state index contributed by atoms with van der Waals surface area (Å²) in [5.41, 5.74) is 3.86. The number of ether oxygens (including phenoxy) is 1. The molecule has 2 aliphatic heterocycles. The molecule has 160 valence electrons. The number of halogens is 1. The maximum absolute atomic E-state index is 14.5. The molecule has 0 saturated heterocycles. The van der Waals surface area contributed by atoms with Gasteiger partial charge < -0.3 is 10.1 Å². The van der Waals surface area contributed by atoms with E-state index in [1.54, 1.807) is 34.9 Å². The maximum Gasteiger partial charge on any atom is 0.210 e. The van der Waals surface area contributed by atoms with Crippen molar-refractivity contribution in [2.45, 2.75) is 17.9 Å². The Labute approximate surface area is 182 Å². The first-order chi connectivity index (χ1) is 15.5. The van der Waals surface area contributed by atoms with Crippen molar-refractivity contribution in [1.82, 2.24) is 19.6 Å². The van der Waals surface area contributed by atoms with Crippen molar-refractivity contribution in [1.29, 1.82) is 0 Å². The lowest BCUT2D eigenvalue weighted by molar-refractivity contribution is 0.356. The molecule has 0 amide bonds. The monoisotopic (exact) mass is 449 g/mol. The van der Waals surface area contributed by atoms with E-state index in [-0.39, 0.29) is 17.3 Å². The number of benzene rings is 2. The number of hydrogen-bond acceptors (Lipinski definition) is 7. The molecule has 0 bridgehead atoms. The fourth-order valence-corrected chi connectivity index (χ4v) is 5.46. The fraction of sp³-hybridized carbons (Fsp3) is 0.136. The largest absolute Gasteiger partial charge is 0.493 e. The van der Waals surface area contributed by atoms with Gasteiger partial charge in [-0.05, 0) is 29.8 Å². The van der Waals surface area contributed by atoms with Crippen LogP contribution in [0.25, 0.3) is 22.9 Å². The number of nitrogens with zero attached hydrogens (tertiary/aromatic N) is 4. The molecule has 0 spiro atoms. The lowest BCUT2D eigenvalue weighted by Gasteiger charge is -2.13. The van der Waals surface area contributed by atoms with Gasteiger partial charge in [-0.3, -0.25) is 4.40 Å². The van der Waals surface area contributed by atoms with E-state index in [1.807, 2.05) is 6.07 Å². The van der Waals surface area contributed by atoms with Gasteiger partial charge in [-0.1, -0.05) is 12.1 Å². The number of rotatable bonds is 4. The van der Waals surface area contributed by atoms with Crippen molar-refractivity contribution in [2.75, 3.05) is 11.9 Å². The van der Waals surface area contributed by atoms with Crippen LogP contribution in [-0.4, -0.2) is 34.6 Å². The third-order valence-corrected chi connectivity index (χ3v) is 7.24. The van der Waals surface area contributed by atoms with Gasteiger partial charge >= 0.3 is 0 Å². The SMILES string of the molecule is O=S1(=O)C=Cc2c(-c3cnc(NCc4c(F)ccc5c4CCO5)n4cnnc34)cccc21. The predicted molar refractivity (Wildman–Crippen MR) is 115 cm³/mol. The molecule has 6 rings (SSSR count). The second kappa shape index (κ2) is 6.86. The highest BCUT2D eigenvalue weighted by Crippen LogP contribution is 2.36. The van der Waals surface area contributed by atoms with E-state index in [0.717, 1.165) is 5.56 Å². The summed E-state index contributed by atoms with van der Waals surface area (Å²) in [6, 6.07) is 8.15. The average Bonchev–Trinajstić information content (AvgIpc) is 3.52. The second-order valence-corrected chi connectivity index (χ2v) is 9.34. The van der Waals surface area contributed by atoms with Crippen LogP contribution < -0.4 is 10.1 Å². The summed E-state index contributed by atoms with van der Waals surface area (Å²) in [4.78, 5) is 4.76. The summed E-state index contributed by atoms with van der Waals surface area (Å²) in [6.45, 7) is 0.764. The summed E-state index contributed by atoms with van der Waals surface area (Å²) in [6.07, 6.45) is 5.38. The highest BCUT2D eigenvalue weighted by Gasteiger charge is 2.25. The lowest BCUT2D eigenvalue weighted by Crippen LogP contribution is -2.10. The van der Waals surface area contributed by atoms with Gasteiger partial charge in [0.2, 0.25) is 5.95 Å². The minimum atomic E-state index is -3.43. The smallest absolute Gasteiger partial charge is 0.210 e. The molecule has 2 aromatic carbocycles. The van der Waals surface area contributed by atoms with Crippen LogP contribution in [0.15, 0.2) is 53.2 Å². The van der Waals surface area contributed by atoms with Gasteiger partial charge in [0.1, 0.15) is 17.9 Å². The van der Waals surface area contributed by atoms with Crippen molar-refractivity contribution >= 4 is 27.5 Å². The van der Waals surface area contributed by atoms with Gasteiger partial charge in [0.05, 0.1) is 11.5 Å². The third kappa shape index (κ3) is 2.79. The molecule has 0 aliphatic carbocycles. The molecule has 1 N–H and O–H groups in total. The van der Waals surface area contributed by atoms with Gasteiger partial charge in [0.15, 0.2) is 15.5 Å². The van der Waals surface area contributed by atoms with Crippen LogP contribution in [0, 0.1) is 5.82 Å². The minimum absolute atomic E-state index is 0.222. The standard InChI is InChI=1S/C22H16FN5O3S/c23-18-4-5-19-14(6-8-31-19)16(18)10-24-22-25-11-17(21-27-26-12-28(21)22)13-2-1-3-20-15(13)7-9-32(20,29)30/h1-5,7,9,11-12H,6,8,10H2,(H,24,25). The van der Waals surface area contributed by atoms with Crippen LogP contribution in [-0.2, 0) is 22.8 Å². The van der Waals surface area contributed by atoms with Gasteiger partial charge in [-0.25, -0.2) is 17.8 Å². The zero-order valence-corrected chi connectivity index (χ0v) is 17.4. The highest BCUT2D eigenvalue weighted by molar-refractivity contribution is 7.94. The molecule has 0 fully saturated rings. The zero-order chi connectivity index (χ0) is 21.9. The van der Waals surface area contributed by atoms with E-state index in [4.69, 9.17) is 4.74 Å². The molecule has 0 unspecified atom stereocenters. The first kappa shape index (κ1) is 18.9. The zero-order valence-electron chi connectivity index (χ0n) is 16.6. The van der Waals surface area contributed by atoms with Crippen LogP contribution >= 0.6 is 0 Å². The van der Waals surface area contributed by atoms with Crippen LogP contribution in [0.5, 0.6) is 5.75 Å². The maximum atomic E-state index is 14.5. The number of anilines is 1. The van der Waals surface area contributed by atoms with Crippen molar-refractivity contribution < 1.29 is 17.5 Å². The lowest BCUT2D eigenvalue weighted by atomic mass is 10.0. The molecule has 32 heavy (non-hydrogen) atoms. The van der Waals surface area contributed by atoms with Gasteiger partial charge in [-0.15, -0.1) is 10.2 Å². The van der Waals surface area contributed by atoms with Crippen molar-refractivity contribution in [3.05, 3.63) is 70.8 Å². The molecule has 0 saturated carbocycles. The van der Waals surface area contributed by atoms with Crippen molar-refractivity contribution in [3.63, 3.8) is 0 Å². The predicted octanol–water partition coefficient (Wildman–Crippen LogP) is 3.24. The second-order valence-electron chi connectivity index (χ2n) is 7.54. The molecule has 0 atom stereocenters. The topological polar surface area (TPSA) is 98.5 Å². The molecule has 10 heteroatoms. The van der Waals surface area contributed by atoms with Crippen LogP contribution in [0.3, 0.4) is 0 Å². The summed E-state index contributed by atoms with van der Waals surface area (Å²) in [7, 11) is -3.43. The summed E-state index contributed by atoms with van der Waals surface area (Å²) in [5.74, 6) is 0.855. The third-order valence-electron chi connectivity index (χ3n) is 5.77.